The van der Waals surface area contributed by atoms with Crippen molar-refractivity contribution >= 4 is 10.8 Å². The molecular weight excluding hydrogens is 220 g/mol. The maximum Gasteiger partial charge on any atom is 0.123 e. The molecule has 0 aliphatic heterocycles. The largest absolute Gasteiger partial charge is 0.507 e. The average molecular weight is 234 g/mol. The molecule has 0 amide bonds. The lowest BCUT2D eigenvalue weighted by Gasteiger charge is -2.12. The van der Waals surface area contributed by atoms with Crippen LogP contribution in [0.2, 0.25) is 0 Å². The van der Waals surface area contributed by atoms with E-state index in [1.165, 1.54) is 16.3 Å². The summed E-state index contributed by atoms with van der Waals surface area (Å²) in [5, 5.41) is 12.4. The molecule has 0 fully saturated rings. The summed E-state index contributed by atoms with van der Waals surface area (Å²) >= 11 is 0. The van der Waals surface area contributed by atoms with Crippen molar-refractivity contribution in [2.45, 2.75) is 6.92 Å². The van der Waals surface area contributed by atoms with Gasteiger partial charge in [-0.05, 0) is 34.9 Å². The Kier molecular flexibility index (Phi) is 2.52. The van der Waals surface area contributed by atoms with Crippen LogP contribution in [0.3, 0.4) is 0 Å². The molecule has 0 saturated carbocycles. The second kappa shape index (κ2) is 4.19. The molecule has 0 saturated heterocycles. The van der Waals surface area contributed by atoms with Gasteiger partial charge in [-0.15, -0.1) is 0 Å². The molecule has 1 N–H and O–H groups in total. The number of hydrogen-bond donors (Lipinski definition) is 1. The standard InChI is InChI=1S/C17H14O/c1-12-10-11-13-6-2-3-7-14(13)17(12)15-8-4-5-9-16(15)18/h2-11,18H,1H3. The molecule has 0 heterocycles. The molecule has 1 heteroatoms. The second-order valence-electron chi connectivity index (χ2n) is 4.50. The first-order valence-corrected chi connectivity index (χ1v) is 6.04. The first-order chi connectivity index (χ1) is 8.77. The van der Waals surface area contributed by atoms with Gasteiger partial charge in [-0.1, -0.05) is 54.6 Å². The molecule has 88 valence electrons. The molecule has 18 heavy (non-hydrogen) atoms. The highest BCUT2D eigenvalue weighted by atomic mass is 16.3. The zero-order valence-corrected chi connectivity index (χ0v) is 10.2. The van der Waals surface area contributed by atoms with Gasteiger partial charge >= 0.3 is 0 Å². The van der Waals surface area contributed by atoms with E-state index in [9.17, 15) is 5.11 Å². The van der Waals surface area contributed by atoms with Crippen LogP contribution in [0.15, 0.2) is 60.7 Å². The molecule has 0 unspecified atom stereocenters. The van der Waals surface area contributed by atoms with Crippen LogP contribution in [-0.4, -0.2) is 5.11 Å². The number of phenolic OH excluding ortho intramolecular Hbond substituents is 1. The molecule has 3 aromatic rings. The van der Waals surface area contributed by atoms with Crippen LogP contribution in [0.25, 0.3) is 21.9 Å². The molecular formula is C17H14O. The van der Waals surface area contributed by atoms with Crippen LogP contribution in [0.5, 0.6) is 5.75 Å². The smallest absolute Gasteiger partial charge is 0.123 e. The zero-order valence-electron chi connectivity index (χ0n) is 10.2. The van der Waals surface area contributed by atoms with Gasteiger partial charge in [0.2, 0.25) is 0 Å². The van der Waals surface area contributed by atoms with Gasteiger partial charge in [-0.2, -0.15) is 0 Å². The Morgan fingerprint density at radius 3 is 2.33 bits per heavy atom. The van der Waals surface area contributed by atoms with Crippen molar-refractivity contribution in [3.63, 3.8) is 0 Å². The van der Waals surface area contributed by atoms with E-state index in [4.69, 9.17) is 0 Å². The van der Waals surface area contributed by atoms with E-state index in [0.717, 1.165) is 11.1 Å². The van der Waals surface area contributed by atoms with E-state index in [1.807, 2.05) is 30.3 Å². The lowest BCUT2D eigenvalue weighted by atomic mass is 9.93. The van der Waals surface area contributed by atoms with E-state index in [1.54, 1.807) is 6.07 Å². The van der Waals surface area contributed by atoms with Gasteiger partial charge in [0.15, 0.2) is 0 Å². The third-order valence-electron chi connectivity index (χ3n) is 3.31. The maximum atomic E-state index is 10.0. The van der Waals surface area contributed by atoms with Crippen LogP contribution in [-0.2, 0) is 0 Å². The highest BCUT2D eigenvalue weighted by Gasteiger charge is 2.10. The number of rotatable bonds is 1. The van der Waals surface area contributed by atoms with Crippen LogP contribution in [0, 0.1) is 6.92 Å². The molecule has 0 radical (unpaired) electrons. The third kappa shape index (κ3) is 1.65. The monoisotopic (exact) mass is 234 g/mol. The van der Waals surface area contributed by atoms with Crippen molar-refractivity contribution in [3.05, 3.63) is 66.2 Å². The third-order valence-corrected chi connectivity index (χ3v) is 3.31. The Morgan fingerprint density at radius 1 is 0.778 bits per heavy atom. The Morgan fingerprint density at radius 2 is 1.50 bits per heavy atom. The first-order valence-electron chi connectivity index (χ1n) is 6.04. The van der Waals surface area contributed by atoms with Gasteiger partial charge in [-0.25, -0.2) is 0 Å². The fraction of sp³-hybridized carbons (Fsp3) is 0.0588. The summed E-state index contributed by atoms with van der Waals surface area (Å²) in [7, 11) is 0. The lowest BCUT2D eigenvalue weighted by Crippen LogP contribution is -1.86. The Hall–Kier alpha value is -2.28. The number of fused-ring (bicyclic) bond motifs is 1. The highest BCUT2D eigenvalue weighted by molar-refractivity contribution is 5.99. The van der Waals surface area contributed by atoms with Crippen molar-refractivity contribution in [3.8, 4) is 16.9 Å². The normalized spacial score (nSPS) is 10.7. The summed E-state index contributed by atoms with van der Waals surface area (Å²) in [5.74, 6) is 0.331. The summed E-state index contributed by atoms with van der Waals surface area (Å²) in [6.07, 6.45) is 0. The number of phenols is 1. The van der Waals surface area contributed by atoms with Crippen molar-refractivity contribution in [1.29, 1.82) is 0 Å². The molecule has 3 aromatic carbocycles. The van der Waals surface area contributed by atoms with Crippen LogP contribution in [0.1, 0.15) is 5.56 Å². The number of para-hydroxylation sites is 1. The average Bonchev–Trinajstić information content (AvgIpc) is 2.40. The molecule has 0 aliphatic carbocycles. The Labute approximate surface area is 106 Å². The van der Waals surface area contributed by atoms with Gasteiger partial charge in [0.25, 0.3) is 0 Å². The highest BCUT2D eigenvalue weighted by Crippen LogP contribution is 2.36. The van der Waals surface area contributed by atoms with E-state index in [-0.39, 0.29) is 0 Å². The van der Waals surface area contributed by atoms with Crippen LogP contribution in [0.4, 0.5) is 0 Å². The fourth-order valence-electron chi connectivity index (χ4n) is 2.42. The van der Waals surface area contributed by atoms with Gasteiger partial charge < -0.3 is 5.11 Å². The quantitative estimate of drug-likeness (QED) is 0.656. The first kappa shape index (κ1) is 10.8. The van der Waals surface area contributed by atoms with E-state index in [0.29, 0.717) is 5.75 Å². The number of aryl methyl sites for hydroxylation is 1. The summed E-state index contributed by atoms with van der Waals surface area (Å²) in [6.45, 7) is 2.08. The van der Waals surface area contributed by atoms with Gasteiger partial charge in [-0.3, -0.25) is 0 Å². The minimum atomic E-state index is 0.331. The zero-order chi connectivity index (χ0) is 12.5. The molecule has 0 bridgehead atoms. The fourth-order valence-corrected chi connectivity index (χ4v) is 2.42. The van der Waals surface area contributed by atoms with E-state index < -0.39 is 0 Å². The summed E-state index contributed by atoms with van der Waals surface area (Å²) in [4.78, 5) is 0. The summed E-state index contributed by atoms with van der Waals surface area (Å²) in [6, 6.07) is 20.0. The van der Waals surface area contributed by atoms with Crippen molar-refractivity contribution < 1.29 is 5.11 Å². The second-order valence-corrected chi connectivity index (χ2v) is 4.50. The van der Waals surface area contributed by atoms with Crippen LogP contribution >= 0.6 is 0 Å². The van der Waals surface area contributed by atoms with Crippen molar-refractivity contribution in [2.75, 3.05) is 0 Å². The van der Waals surface area contributed by atoms with Crippen molar-refractivity contribution in [2.24, 2.45) is 0 Å². The summed E-state index contributed by atoms with van der Waals surface area (Å²) in [5.41, 5.74) is 3.19. The van der Waals surface area contributed by atoms with E-state index >= 15 is 0 Å². The van der Waals surface area contributed by atoms with Crippen LogP contribution < -0.4 is 0 Å². The number of aromatic hydroxyl groups is 1. The van der Waals surface area contributed by atoms with E-state index in [2.05, 4.69) is 31.2 Å². The molecule has 0 aromatic heterocycles. The molecule has 0 spiro atoms. The Bertz CT molecular complexity index is 714. The minimum Gasteiger partial charge on any atom is -0.507 e. The minimum absolute atomic E-state index is 0.331. The summed E-state index contributed by atoms with van der Waals surface area (Å²) < 4.78 is 0. The van der Waals surface area contributed by atoms with Gasteiger partial charge in [0.05, 0.1) is 0 Å². The molecule has 1 nitrogen and oxygen atoms in total. The number of benzene rings is 3. The number of hydrogen-bond acceptors (Lipinski definition) is 1. The predicted molar refractivity (Wildman–Crippen MR) is 75.8 cm³/mol. The topological polar surface area (TPSA) is 20.2 Å². The van der Waals surface area contributed by atoms with Gasteiger partial charge in [0.1, 0.15) is 5.75 Å². The predicted octanol–water partition coefficient (Wildman–Crippen LogP) is 4.52. The lowest BCUT2D eigenvalue weighted by molar-refractivity contribution is 0.477. The SMILES string of the molecule is Cc1ccc2ccccc2c1-c1ccccc1O. The van der Waals surface area contributed by atoms with Gasteiger partial charge in [0, 0.05) is 5.56 Å². The molecule has 0 aliphatic rings. The molecule has 0 atom stereocenters. The Balaban J connectivity index is 2.42. The maximum absolute atomic E-state index is 10.0. The molecule has 3 rings (SSSR count). The van der Waals surface area contributed by atoms with Crippen molar-refractivity contribution in [1.82, 2.24) is 0 Å².